The maximum Gasteiger partial charge on any atom is 0.243 e. The van der Waals surface area contributed by atoms with Gasteiger partial charge in [0.1, 0.15) is 6.04 Å². The van der Waals surface area contributed by atoms with Gasteiger partial charge in [0.05, 0.1) is 25.2 Å². The minimum absolute atomic E-state index is 0.236. The molecule has 0 spiro atoms. The van der Waals surface area contributed by atoms with E-state index in [1.54, 1.807) is 25.1 Å². The molecule has 7 nitrogen and oxygen atoms in total. The van der Waals surface area contributed by atoms with Crippen LogP contribution in [0.15, 0.2) is 36.4 Å². The fourth-order valence-electron chi connectivity index (χ4n) is 3.21. The van der Waals surface area contributed by atoms with Crippen LogP contribution in [0.3, 0.4) is 0 Å². The summed E-state index contributed by atoms with van der Waals surface area (Å²) in [6.45, 7) is 10.5. The van der Waals surface area contributed by atoms with E-state index in [9.17, 15) is 13.2 Å². The molecule has 0 aromatic heterocycles. The van der Waals surface area contributed by atoms with Gasteiger partial charge in [-0.1, -0.05) is 12.1 Å². The number of carbonyl (C=O) groups is 1. The van der Waals surface area contributed by atoms with Gasteiger partial charge in [0.15, 0.2) is 11.5 Å². The van der Waals surface area contributed by atoms with Crippen LogP contribution in [0.1, 0.15) is 37.5 Å². The predicted octanol–water partition coefficient (Wildman–Crippen LogP) is 3.57. The summed E-state index contributed by atoms with van der Waals surface area (Å²) in [5.74, 6) is 0.860. The summed E-state index contributed by atoms with van der Waals surface area (Å²) in [6, 6.07) is 9.90. The molecule has 0 bridgehead atoms. The average Bonchev–Trinajstić information content (AvgIpc) is 2.70. The average molecular weight is 449 g/mol. The number of benzene rings is 2. The van der Waals surface area contributed by atoms with Gasteiger partial charge in [-0.3, -0.25) is 9.10 Å². The Labute approximate surface area is 185 Å². The van der Waals surface area contributed by atoms with E-state index in [2.05, 4.69) is 5.32 Å². The van der Waals surface area contributed by atoms with Gasteiger partial charge >= 0.3 is 0 Å². The van der Waals surface area contributed by atoms with Crippen molar-refractivity contribution in [3.8, 4) is 11.5 Å². The van der Waals surface area contributed by atoms with E-state index in [0.29, 0.717) is 30.4 Å². The minimum Gasteiger partial charge on any atom is -0.490 e. The summed E-state index contributed by atoms with van der Waals surface area (Å²) < 4.78 is 37.3. The highest BCUT2D eigenvalue weighted by Gasteiger charge is 2.29. The Morgan fingerprint density at radius 3 is 2.23 bits per heavy atom. The van der Waals surface area contributed by atoms with Crippen molar-refractivity contribution in [3.63, 3.8) is 0 Å². The highest BCUT2D eigenvalue weighted by atomic mass is 32.2. The van der Waals surface area contributed by atoms with E-state index in [1.165, 1.54) is 0 Å². The fraction of sp³-hybridized carbons (Fsp3) is 0.435. The van der Waals surface area contributed by atoms with Crippen molar-refractivity contribution in [3.05, 3.63) is 53.1 Å². The van der Waals surface area contributed by atoms with E-state index >= 15 is 0 Å². The van der Waals surface area contributed by atoms with Crippen molar-refractivity contribution >= 4 is 21.6 Å². The SMILES string of the molecule is CCOc1ccc(CNC(=O)[C@H](C)N(c2ccc(C)c(C)c2)S(C)(=O)=O)cc1OCC. The minimum atomic E-state index is -3.66. The Morgan fingerprint density at radius 2 is 1.65 bits per heavy atom. The number of rotatable bonds is 10. The van der Waals surface area contributed by atoms with Crippen LogP contribution in [0.25, 0.3) is 0 Å². The molecular formula is C23H32N2O5S. The first-order chi connectivity index (χ1) is 14.6. The maximum atomic E-state index is 12.8. The third-order valence-corrected chi connectivity index (χ3v) is 6.15. The fourth-order valence-corrected chi connectivity index (χ4v) is 4.38. The molecule has 1 amide bonds. The molecule has 0 saturated heterocycles. The highest BCUT2D eigenvalue weighted by Crippen LogP contribution is 2.29. The van der Waals surface area contributed by atoms with E-state index in [4.69, 9.17) is 9.47 Å². The van der Waals surface area contributed by atoms with Crippen LogP contribution in [0.2, 0.25) is 0 Å². The second-order valence-electron chi connectivity index (χ2n) is 7.37. The molecule has 0 aliphatic rings. The maximum absolute atomic E-state index is 12.8. The molecule has 0 unspecified atom stereocenters. The number of carbonyl (C=O) groups excluding carboxylic acids is 1. The zero-order chi connectivity index (χ0) is 23.2. The van der Waals surface area contributed by atoms with Crippen molar-refractivity contribution in [1.29, 1.82) is 0 Å². The summed E-state index contributed by atoms with van der Waals surface area (Å²) in [5, 5.41) is 2.83. The van der Waals surface area contributed by atoms with Gasteiger partial charge in [0.2, 0.25) is 15.9 Å². The summed E-state index contributed by atoms with van der Waals surface area (Å²) in [4.78, 5) is 12.8. The molecule has 0 fully saturated rings. The van der Waals surface area contributed by atoms with Crippen LogP contribution >= 0.6 is 0 Å². The Kier molecular flexibility index (Phi) is 8.33. The zero-order valence-corrected chi connectivity index (χ0v) is 19.9. The zero-order valence-electron chi connectivity index (χ0n) is 19.1. The Hall–Kier alpha value is -2.74. The normalized spacial score (nSPS) is 12.2. The van der Waals surface area contributed by atoms with Crippen LogP contribution in [-0.2, 0) is 21.4 Å². The molecule has 170 valence electrons. The van der Waals surface area contributed by atoms with Gasteiger partial charge < -0.3 is 14.8 Å². The Balaban J connectivity index is 2.19. The lowest BCUT2D eigenvalue weighted by atomic mass is 10.1. The number of ether oxygens (including phenoxy) is 2. The monoisotopic (exact) mass is 448 g/mol. The quantitative estimate of drug-likeness (QED) is 0.601. The third-order valence-electron chi connectivity index (χ3n) is 4.91. The van der Waals surface area contributed by atoms with Crippen LogP contribution in [0.4, 0.5) is 5.69 Å². The number of aryl methyl sites for hydroxylation is 2. The molecule has 0 radical (unpaired) electrons. The number of amides is 1. The molecule has 2 rings (SSSR count). The molecule has 1 atom stereocenters. The summed E-state index contributed by atoms with van der Waals surface area (Å²) in [6.07, 6.45) is 1.10. The van der Waals surface area contributed by atoms with E-state index < -0.39 is 22.0 Å². The number of anilines is 1. The standard InChI is InChI=1S/C23H32N2O5S/c1-7-29-21-12-10-19(14-22(21)30-8-2)15-24-23(26)18(5)25(31(6,27)28)20-11-9-16(3)17(4)13-20/h9-14,18H,7-8,15H2,1-6H3,(H,24,26)/t18-/m0/s1. The van der Waals surface area contributed by atoms with E-state index in [-0.39, 0.29) is 6.54 Å². The highest BCUT2D eigenvalue weighted by molar-refractivity contribution is 7.92. The summed E-state index contributed by atoms with van der Waals surface area (Å²) in [5.41, 5.74) is 3.30. The van der Waals surface area contributed by atoms with Crippen molar-refractivity contribution in [2.45, 2.75) is 47.2 Å². The number of hydrogen-bond donors (Lipinski definition) is 1. The van der Waals surface area contributed by atoms with Gasteiger partial charge in [-0.05, 0) is 75.6 Å². The first-order valence-corrected chi connectivity index (χ1v) is 12.2. The lowest BCUT2D eigenvalue weighted by molar-refractivity contribution is -0.122. The molecule has 31 heavy (non-hydrogen) atoms. The van der Waals surface area contributed by atoms with E-state index in [1.807, 2.05) is 45.9 Å². The number of sulfonamides is 1. The number of nitrogens with zero attached hydrogens (tertiary/aromatic N) is 1. The topological polar surface area (TPSA) is 84.9 Å². The van der Waals surface area contributed by atoms with Gasteiger partial charge in [-0.2, -0.15) is 0 Å². The lowest BCUT2D eigenvalue weighted by Gasteiger charge is -2.28. The first-order valence-electron chi connectivity index (χ1n) is 10.3. The molecule has 0 aliphatic heterocycles. The second kappa shape index (κ2) is 10.5. The van der Waals surface area contributed by atoms with Crippen molar-refractivity contribution in [2.24, 2.45) is 0 Å². The largest absolute Gasteiger partial charge is 0.490 e. The molecule has 1 N–H and O–H groups in total. The second-order valence-corrected chi connectivity index (χ2v) is 9.23. The van der Waals surface area contributed by atoms with Crippen molar-refractivity contribution < 1.29 is 22.7 Å². The van der Waals surface area contributed by atoms with Gasteiger partial charge in [-0.25, -0.2) is 8.42 Å². The van der Waals surface area contributed by atoms with Crippen LogP contribution < -0.4 is 19.1 Å². The van der Waals surface area contributed by atoms with Gasteiger partial charge in [0, 0.05) is 6.54 Å². The lowest BCUT2D eigenvalue weighted by Crippen LogP contribution is -2.47. The molecule has 0 aliphatic carbocycles. The Bertz CT molecular complexity index is 1020. The summed E-state index contributed by atoms with van der Waals surface area (Å²) in [7, 11) is -3.66. The number of nitrogens with one attached hydrogen (secondary N) is 1. The molecule has 2 aromatic rings. The van der Waals surface area contributed by atoms with Crippen molar-refractivity contribution in [2.75, 3.05) is 23.8 Å². The van der Waals surface area contributed by atoms with Gasteiger partial charge in [0.25, 0.3) is 0 Å². The molecule has 0 saturated carbocycles. The summed E-state index contributed by atoms with van der Waals surface area (Å²) >= 11 is 0. The molecule has 2 aromatic carbocycles. The Morgan fingerprint density at radius 1 is 1.00 bits per heavy atom. The smallest absolute Gasteiger partial charge is 0.243 e. The molecule has 0 heterocycles. The van der Waals surface area contributed by atoms with Crippen LogP contribution in [0.5, 0.6) is 11.5 Å². The van der Waals surface area contributed by atoms with E-state index in [0.717, 1.165) is 27.3 Å². The van der Waals surface area contributed by atoms with Crippen LogP contribution in [-0.4, -0.2) is 39.8 Å². The third kappa shape index (κ3) is 6.37. The first kappa shape index (κ1) is 24.5. The molecule has 8 heteroatoms. The number of hydrogen-bond acceptors (Lipinski definition) is 5. The predicted molar refractivity (Wildman–Crippen MR) is 123 cm³/mol. The van der Waals surface area contributed by atoms with Gasteiger partial charge in [-0.15, -0.1) is 0 Å². The van der Waals surface area contributed by atoms with Crippen LogP contribution in [0, 0.1) is 13.8 Å². The molecular weight excluding hydrogens is 416 g/mol. The van der Waals surface area contributed by atoms with Crippen molar-refractivity contribution in [1.82, 2.24) is 5.32 Å².